The molecule has 0 aliphatic heterocycles. The van der Waals surface area contributed by atoms with Crippen LogP contribution >= 0.6 is 0 Å². The Balaban J connectivity index is 1.49. The zero-order chi connectivity index (χ0) is 20.1. The van der Waals surface area contributed by atoms with Gasteiger partial charge in [-0.15, -0.1) is 0 Å². The molecule has 0 bridgehead atoms. The van der Waals surface area contributed by atoms with Crippen molar-refractivity contribution in [1.82, 2.24) is 5.32 Å². The molecule has 0 heterocycles. The fourth-order valence-corrected chi connectivity index (χ4v) is 8.25. The lowest BCUT2D eigenvalue weighted by Crippen LogP contribution is -2.52. The number of allylic oxidation sites excluding steroid dienone is 1. The monoisotopic (exact) mass is 387 g/mol. The average Bonchev–Trinajstić information content (AvgIpc) is 2.99. The highest BCUT2D eigenvalue weighted by Gasteiger charge is 2.59. The van der Waals surface area contributed by atoms with Gasteiger partial charge in [-0.2, -0.15) is 0 Å². The van der Waals surface area contributed by atoms with Gasteiger partial charge in [0, 0.05) is 6.04 Å². The van der Waals surface area contributed by atoms with Crippen LogP contribution in [0.1, 0.15) is 92.4 Å². The minimum Gasteiger partial charge on any atom is -0.393 e. The predicted octanol–water partition coefficient (Wildman–Crippen LogP) is 5.95. The number of fused-ring (bicyclic) bond motifs is 5. The number of aliphatic hydroxyl groups excluding tert-OH is 1. The van der Waals surface area contributed by atoms with E-state index in [1.54, 1.807) is 5.57 Å². The SMILES string of the molecule is CC(C)CCNC(C)C1CCC2C3CC=C4CC(O)CCC4(C)C3CCC12C. The molecule has 3 saturated carbocycles. The Labute approximate surface area is 173 Å². The molecule has 160 valence electrons. The molecule has 3 fully saturated rings. The van der Waals surface area contributed by atoms with E-state index in [9.17, 15) is 5.11 Å². The first-order valence-electron chi connectivity index (χ1n) is 12.4. The molecular formula is C26H45NO. The molecule has 0 spiro atoms. The molecule has 0 saturated heterocycles. The molecule has 8 atom stereocenters. The Morgan fingerprint density at radius 2 is 1.86 bits per heavy atom. The molecule has 2 heteroatoms. The fourth-order valence-electron chi connectivity index (χ4n) is 8.25. The van der Waals surface area contributed by atoms with E-state index < -0.39 is 0 Å². The molecule has 4 rings (SSSR count). The molecule has 0 aromatic heterocycles. The normalized spacial score (nSPS) is 46.5. The molecular weight excluding hydrogens is 342 g/mol. The molecule has 8 unspecified atom stereocenters. The lowest BCUT2D eigenvalue weighted by atomic mass is 9.47. The van der Waals surface area contributed by atoms with Crippen LogP contribution in [0.15, 0.2) is 11.6 Å². The first-order valence-corrected chi connectivity index (χ1v) is 12.4. The third kappa shape index (κ3) is 3.41. The van der Waals surface area contributed by atoms with E-state index in [0.717, 1.165) is 42.4 Å². The highest BCUT2D eigenvalue weighted by atomic mass is 16.3. The minimum atomic E-state index is -0.0849. The fraction of sp³-hybridized carbons (Fsp3) is 0.923. The number of nitrogens with one attached hydrogen (secondary N) is 1. The van der Waals surface area contributed by atoms with Crippen molar-refractivity contribution in [2.24, 2.45) is 40.4 Å². The second-order valence-corrected chi connectivity index (χ2v) is 11.8. The largest absolute Gasteiger partial charge is 0.393 e. The summed E-state index contributed by atoms with van der Waals surface area (Å²) in [6.07, 6.45) is 13.9. The van der Waals surface area contributed by atoms with Crippen LogP contribution in [0.5, 0.6) is 0 Å². The van der Waals surface area contributed by atoms with Gasteiger partial charge in [0.25, 0.3) is 0 Å². The van der Waals surface area contributed by atoms with Gasteiger partial charge in [-0.05, 0) is 112 Å². The van der Waals surface area contributed by atoms with Crippen LogP contribution in [0.2, 0.25) is 0 Å². The van der Waals surface area contributed by atoms with E-state index in [4.69, 9.17) is 0 Å². The average molecular weight is 388 g/mol. The van der Waals surface area contributed by atoms with Crippen molar-refractivity contribution >= 4 is 0 Å². The molecule has 4 aliphatic carbocycles. The third-order valence-electron chi connectivity index (χ3n) is 9.94. The van der Waals surface area contributed by atoms with Crippen LogP contribution in [0.3, 0.4) is 0 Å². The first kappa shape index (κ1) is 20.9. The zero-order valence-electron chi connectivity index (χ0n) is 19.1. The Kier molecular flexibility index (Phi) is 5.77. The van der Waals surface area contributed by atoms with E-state index in [0.29, 0.717) is 16.9 Å². The van der Waals surface area contributed by atoms with Crippen LogP contribution in [-0.4, -0.2) is 23.8 Å². The van der Waals surface area contributed by atoms with Gasteiger partial charge in [-0.25, -0.2) is 0 Å². The van der Waals surface area contributed by atoms with Gasteiger partial charge in [-0.3, -0.25) is 0 Å². The summed E-state index contributed by atoms with van der Waals surface area (Å²) in [5.41, 5.74) is 2.51. The van der Waals surface area contributed by atoms with Gasteiger partial charge in [0.15, 0.2) is 0 Å². The van der Waals surface area contributed by atoms with Gasteiger partial charge in [-0.1, -0.05) is 39.3 Å². The van der Waals surface area contributed by atoms with E-state index in [1.165, 1.54) is 51.5 Å². The summed E-state index contributed by atoms with van der Waals surface area (Å²) >= 11 is 0. The van der Waals surface area contributed by atoms with Gasteiger partial charge >= 0.3 is 0 Å². The van der Waals surface area contributed by atoms with Crippen LogP contribution in [-0.2, 0) is 0 Å². The third-order valence-corrected chi connectivity index (χ3v) is 9.94. The Morgan fingerprint density at radius 1 is 1.07 bits per heavy atom. The highest BCUT2D eigenvalue weighted by Crippen LogP contribution is 2.66. The smallest absolute Gasteiger partial charge is 0.0577 e. The summed E-state index contributed by atoms with van der Waals surface area (Å²) in [5, 5.41) is 14.1. The number of rotatable bonds is 5. The van der Waals surface area contributed by atoms with Gasteiger partial charge in [0.2, 0.25) is 0 Å². The maximum absolute atomic E-state index is 10.2. The summed E-state index contributed by atoms with van der Waals surface area (Å²) in [6, 6.07) is 0.653. The molecule has 4 aliphatic rings. The maximum Gasteiger partial charge on any atom is 0.0577 e. The Hall–Kier alpha value is -0.340. The minimum absolute atomic E-state index is 0.0849. The van der Waals surface area contributed by atoms with Crippen molar-refractivity contribution in [1.29, 1.82) is 0 Å². The summed E-state index contributed by atoms with van der Waals surface area (Å²) in [7, 11) is 0. The van der Waals surface area contributed by atoms with E-state index in [1.807, 2.05) is 0 Å². The summed E-state index contributed by atoms with van der Waals surface area (Å²) in [5.74, 6) is 4.29. The molecule has 0 amide bonds. The first-order chi connectivity index (χ1) is 13.3. The molecule has 28 heavy (non-hydrogen) atoms. The van der Waals surface area contributed by atoms with Crippen molar-refractivity contribution < 1.29 is 5.11 Å². The lowest BCUT2D eigenvalue weighted by Gasteiger charge is -2.58. The Bertz CT molecular complexity index is 597. The molecule has 0 radical (unpaired) electrons. The Morgan fingerprint density at radius 3 is 2.61 bits per heavy atom. The van der Waals surface area contributed by atoms with E-state index in [2.05, 4.69) is 46.0 Å². The van der Waals surface area contributed by atoms with Gasteiger partial charge in [0.05, 0.1) is 6.10 Å². The molecule has 0 aromatic rings. The second-order valence-electron chi connectivity index (χ2n) is 11.8. The van der Waals surface area contributed by atoms with Crippen molar-refractivity contribution in [3.8, 4) is 0 Å². The topological polar surface area (TPSA) is 32.3 Å². The summed E-state index contributed by atoms with van der Waals surface area (Å²) in [4.78, 5) is 0. The summed E-state index contributed by atoms with van der Waals surface area (Å²) < 4.78 is 0. The number of aliphatic hydroxyl groups is 1. The quantitative estimate of drug-likeness (QED) is 0.571. The molecule has 2 nitrogen and oxygen atoms in total. The second kappa shape index (κ2) is 7.73. The highest BCUT2D eigenvalue weighted by molar-refractivity contribution is 5.25. The van der Waals surface area contributed by atoms with E-state index >= 15 is 0 Å². The standard InChI is InChI=1S/C26H45NO/c1-17(2)12-15-27-18(3)22-8-9-23-21-7-6-19-16-20(28)10-13-25(19,4)24(21)11-14-26(22,23)5/h6,17-18,20-24,27-28H,7-16H2,1-5H3. The van der Waals surface area contributed by atoms with Gasteiger partial charge < -0.3 is 10.4 Å². The number of hydrogen-bond donors (Lipinski definition) is 2. The molecule has 0 aromatic carbocycles. The summed E-state index contributed by atoms with van der Waals surface area (Å²) in [6.45, 7) is 13.5. The van der Waals surface area contributed by atoms with Crippen molar-refractivity contribution in [3.05, 3.63) is 11.6 Å². The molecule has 2 N–H and O–H groups in total. The van der Waals surface area contributed by atoms with Crippen LogP contribution in [0.25, 0.3) is 0 Å². The predicted molar refractivity (Wildman–Crippen MR) is 118 cm³/mol. The van der Waals surface area contributed by atoms with Crippen molar-refractivity contribution in [2.45, 2.75) is 105 Å². The van der Waals surface area contributed by atoms with Crippen LogP contribution in [0, 0.1) is 40.4 Å². The lowest BCUT2D eigenvalue weighted by molar-refractivity contribution is -0.0535. The zero-order valence-corrected chi connectivity index (χ0v) is 19.1. The van der Waals surface area contributed by atoms with Gasteiger partial charge in [0.1, 0.15) is 0 Å². The van der Waals surface area contributed by atoms with E-state index in [-0.39, 0.29) is 6.10 Å². The number of hydrogen-bond acceptors (Lipinski definition) is 2. The van der Waals surface area contributed by atoms with Crippen LogP contribution in [0.4, 0.5) is 0 Å². The van der Waals surface area contributed by atoms with Crippen molar-refractivity contribution in [3.63, 3.8) is 0 Å². The van der Waals surface area contributed by atoms with Crippen LogP contribution < -0.4 is 5.32 Å². The van der Waals surface area contributed by atoms with Crippen molar-refractivity contribution in [2.75, 3.05) is 6.54 Å². The maximum atomic E-state index is 10.2.